The third kappa shape index (κ3) is 2.86. The Morgan fingerprint density at radius 1 is 1.43 bits per heavy atom. The van der Waals surface area contributed by atoms with Crippen molar-refractivity contribution >= 4 is 11.9 Å². The summed E-state index contributed by atoms with van der Waals surface area (Å²) in [7, 11) is 0. The Bertz CT molecular complexity index is 189. The molecule has 14 heavy (non-hydrogen) atoms. The Kier molecular flexibility index (Phi) is 3.37. The van der Waals surface area contributed by atoms with Crippen LogP contribution in [0, 0.1) is 0 Å². The maximum atomic E-state index is 9.68. The van der Waals surface area contributed by atoms with Crippen LogP contribution in [0.1, 0.15) is 25.7 Å². The second-order valence-corrected chi connectivity index (χ2v) is 5.37. The van der Waals surface area contributed by atoms with Gasteiger partial charge in [0.25, 0.3) is 0 Å². The van der Waals surface area contributed by atoms with Crippen LogP contribution in [0.5, 0.6) is 0 Å². The molecule has 0 amide bonds. The SMILES string of the molecule is CSN1CCC(NCC2(O)CC2)CC1. The van der Waals surface area contributed by atoms with Crippen LogP contribution in [-0.4, -0.2) is 46.9 Å². The van der Waals surface area contributed by atoms with Crippen molar-refractivity contribution in [2.45, 2.75) is 37.3 Å². The molecule has 2 N–H and O–H groups in total. The fourth-order valence-electron chi connectivity index (χ4n) is 1.90. The van der Waals surface area contributed by atoms with Gasteiger partial charge in [-0.15, -0.1) is 0 Å². The third-order valence-corrected chi connectivity index (χ3v) is 4.14. The fourth-order valence-corrected chi connectivity index (χ4v) is 2.47. The van der Waals surface area contributed by atoms with Crippen LogP contribution in [0.4, 0.5) is 0 Å². The lowest BCUT2D eigenvalue weighted by molar-refractivity contribution is 0.138. The first kappa shape index (κ1) is 10.7. The van der Waals surface area contributed by atoms with E-state index in [2.05, 4.69) is 15.9 Å². The van der Waals surface area contributed by atoms with Crippen LogP contribution >= 0.6 is 11.9 Å². The van der Waals surface area contributed by atoms with Gasteiger partial charge in [-0.25, -0.2) is 0 Å². The van der Waals surface area contributed by atoms with Gasteiger partial charge in [-0.3, -0.25) is 4.31 Å². The van der Waals surface area contributed by atoms with Gasteiger partial charge in [-0.1, -0.05) is 11.9 Å². The first-order chi connectivity index (χ1) is 6.72. The van der Waals surface area contributed by atoms with Gasteiger partial charge in [0.1, 0.15) is 0 Å². The number of hydrogen-bond donors (Lipinski definition) is 2. The Hall–Kier alpha value is 0.230. The van der Waals surface area contributed by atoms with E-state index >= 15 is 0 Å². The minimum Gasteiger partial charge on any atom is -0.389 e. The second-order valence-electron chi connectivity index (χ2n) is 4.49. The molecule has 2 rings (SSSR count). The van der Waals surface area contributed by atoms with Crippen LogP contribution in [0.3, 0.4) is 0 Å². The van der Waals surface area contributed by atoms with Crippen molar-refractivity contribution < 1.29 is 5.11 Å². The number of hydrogen-bond acceptors (Lipinski definition) is 4. The molecule has 0 bridgehead atoms. The van der Waals surface area contributed by atoms with Crippen LogP contribution in [-0.2, 0) is 0 Å². The smallest absolute Gasteiger partial charge is 0.0773 e. The van der Waals surface area contributed by atoms with E-state index in [-0.39, 0.29) is 5.60 Å². The highest BCUT2D eigenvalue weighted by Crippen LogP contribution is 2.34. The van der Waals surface area contributed by atoms with E-state index < -0.39 is 0 Å². The lowest BCUT2D eigenvalue weighted by atomic mass is 10.1. The summed E-state index contributed by atoms with van der Waals surface area (Å²) in [4.78, 5) is 0. The minimum atomic E-state index is -0.337. The lowest BCUT2D eigenvalue weighted by Crippen LogP contribution is -2.43. The molecule has 1 saturated heterocycles. The van der Waals surface area contributed by atoms with Crippen molar-refractivity contribution in [1.29, 1.82) is 0 Å². The molecule has 1 saturated carbocycles. The number of nitrogens with zero attached hydrogens (tertiary/aromatic N) is 1. The summed E-state index contributed by atoms with van der Waals surface area (Å²) in [5.41, 5.74) is -0.337. The Morgan fingerprint density at radius 2 is 2.07 bits per heavy atom. The number of piperidine rings is 1. The Labute approximate surface area is 90.4 Å². The van der Waals surface area contributed by atoms with Gasteiger partial charge in [-0.05, 0) is 31.9 Å². The average Bonchev–Trinajstić information content (AvgIpc) is 2.95. The topological polar surface area (TPSA) is 35.5 Å². The zero-order chi connectivity index (χ0) is 10.0. The number of aliphatic hydroxyl groups is 1. The molecule has 1 heterocycles. The van der Waals surface area contributed by atoms with Gasteiger partial charge in [0.15, 0.2) is 0 Å². The Balaban J connectivity index is 1.63. The van der Waals surface area contributed by atoms with Gasteiger partial charge in [0, 0.05) is 25.7 Å². The molecule has 0 radical (unpaired) electrons. The summed E-state index contributed by atoms with van der Waals surface area (Å²) >= 11 is 1.84. The summed E-state index contributed by atoms with van der Waals surface area (Å²) in [5, 5.41) is 13.2. The molecular formula is C10H20N2OS. The summed E-state index contributed by atoms with van der Waals surface area (Å²) in [6.07, 6.45) is 6.56. The van der Waals surface area contributed by atoms with Gasteiger partial charge in [0.05, 0.1) is 5.60 Å². The van der Waals surface area contributed by atoms with Gasteiger partial charge in [0.2, 0.25) is 0 Å². The normalized spacial score (nSPS) is 27.9. The van der Waals surface area contributed by atoms with E-state index in [4.69, 9.17) is 0 Å². The predicted molar refractivity (Wildman–Crippen MR) is 60.3 cm³/mol. The third-order valence-electron chi connectivity index (χ3n) is 3.26. The van der Waals surface area contributed by atoms with E-state index in [1.807, 2.05) is 11.9 Å². The van der Waals surface area contributed by atoms with E-state index in [1.54, 1.807) is 0 Å². The molecule has 1 aliphatic carbocycles. The highest BCUT2D eigenvalue weighted by Gasteiger charge is 2.40. The maximum Gasteiger partial charge on any atom is 0.0773 e. The summed E-state index contributed by atoms with van der Waals surface area (Å²) in [6.45, 7) is 3.16. The molecule has 0 atom stereocenters. The molecular weight excluding hydrogens is 196 g/mol. The first-order valence-corrected chi connectivity index (χ1v) is 6.65. The van der Waals surface area contributed by atoms with Crippen molar-refractivity contribution in [2.24, 2.45) is 0 Å². The van der Waals surface area contributed by atoms with Crippen molar-refractivity contribution in [3.63, 3.8) is 0 Å². The lowest BCUT2D eigenvalue weighted by Gasteiger charge is -2.31. The van der Waals surface area contributed by atoms with Crippen molar-refractivity contribution in [3.8, 4) is 0 Å². The molecule has 2 aliphatic rings. The largest absolute Gasteiger partial charge is 0.389 e. The highest BCUT2D eigenvalue weighted by molar-refractivity contribution is 7.96. The molecule has 1 aliphatic heterocycles. The zero-order valence-corrected chi connectivity index (χ0v) is 9.65. The quantitative estimate of drug-likeness (QED) is 0.683. The van der Waals surface area contributed by atoms with Crippen molar-refractivity contribution in [2.75, 3.05) is 25.9 Å². The van der Waals surface area contributed by atoms with Gasteiger partial charge in [-0.2, -0.15) is 0 Å². The van der Waals surface area contributed by atoms with Gasteiger partial charge < -0.3 is 10.4 Å². The van der Waals surface area contributed by atoms with E-state index in [1.165, 1.54) is 25.9 Å². The Morgan fingerprint density at radius 3 is 2.57 bits per heavy atom. The van der Waals surface area contributed by atoms with Crippen LogP contribution in [0.15, 0.2) is 0 Å². The van der Waals surface area contributed by atoms with Gasteiger partial charge >= 0.3 is 0 Å². The van der Waals surface area contributed by atoms with Crippen LogP contribution < -0.4 is 5.32 Å². The summed E-state index contributed by atoms with van der Waals surface area (Å²) in [5.74, 6) is 0. The average molecular weight is 216 g/mol. The molecule has 82 valence electrons. The maximum absolute atomic E-state index is 9.68. The molecule has 2 fully saturated rings. The number of rotatable bonds is 4. The fraction of sp³-hybridized carbons (Fsp3) is 1.00. The van der Waals surface area contributed by atoms with E-state index in [0.717, 1.165) is 19.4 Å². The molecule has 4 heteroatoms. The van der Waals surface area contributed by atoms with E-state index in [0.29, 0.717) is 6.04 Å². The number of nitrogens with one attached hydrogen (secondary N) is 1. The van der Waals surface area contributed by atoms with E-state index in [9.17, 15) is 5.11 Å². The standard InChI is InChI=1S/C10H20N2OS/c1-14-12-6-2-9(3-7-12)11-8-10(13)4-5-10/h9,11,13H,2-8H2,1H3. The second kappa shape index (κ2) is 4.39. The molecule has 0 spiro atoms. The summed E-state index contributed by atoms with van der Waals surface area (Å²) in [6, 6.07) is 0.628. The highest BCUT2D eigenvalue weighted by atomic mass is 32.2. The van der Waals surface area contributed by atoms with Crippen LogP contribution in [0.2, 0.25) is 0 Å². The molecule has 0 aromatic heterocycles. The zero-order valence-electron chi connectivity index (χ0n) is 8.83. The van der Waals surface area contributed by atoms with Crippen molar-refractivity contribution in [3.05, 3.63) is 0 Å². The van der Waals surface area contributed by atoms with Crippen molar-refractivity contribution in [1.82, 2.24) is 9.62 Å². The molecule has 0 aromatic carbocycles. The summed E-state index contributed by atoms with van der Waals surface area (Å²) < 4.78 is 2.41. The monoisotopic (exact) mass is 216 g/mol. The predicted octanol–water partition coefficient (Wildman–Crippen LogP) is 0.843. The minimum absolute atomic E-state index is 0.337. The molecule has 0 unspecified atom stereocenters. The molecule has 3 nitrogen and oxygen atoms in total. The van der Waals surface area contributed by atoms with Crippen LogP contribution in [0.25, 0.3) is 0 Å². The first-order valence-electron chi connectivity index (χ1n) is 5.47. The molecule has 0 aromatic rings.